The van der Waals surface area contributed by atoms with Crippen LogP contribution in [0.2, 0.25) is 0 Å². The number of aryl methyl sites for hydroxylation is 2. The van der Waals surface area contributed by atoms with Crippen LogP contribution in [0.25, 0.3) is 0 Å². The standard InChI is InChI=1S/C17H18N2O2/c1-12-10-17(20)13(2)9-16(12)19-11-14-3-5-15(6-4-14)21-8-7-18/h3-6,9-10,19-20H,8,11H2,1-2H3. The van der Waals surface area contributed by atoms with Crippen molar-refractivity contribution in [2.45, 2.75) is 20.4 Å². The summed E-state index contributed by atoms with van der Waals surface area (Å²) in [4.78, 5) is 0. The van der Waals surface area contributed by atoms with Gasteiger partial charge in [0.05, 0.1) is 0 Å². The molecule has 0 radical (unpaired) electrons. The Bertz CT molecular complexity index is 658. The lowest BCUT2D eigenvalue weighted by atomic mass is 10.1. The minimum Gasteiger partial charge on any atom is -0.508 e. The van der Waals surface area contributed by atoms with Gasteiger partial charge in [0.25, 0.3) is 0 Å². The Morgan fingerprint density at radius 2 is 1.86 bits per heavy atom. The van der Waals surface area contributed by atoms with E-state index in [9.17, 15) is 5.11 Å². The molecule has 2 aromatic rings. The predicted octanol–water partition coefficient (Wildman–Crippen LogP) is 3.52. The molecule has 0 bridgehead atoms. The van der Waals surface area contributed by atoms with E-state index in [-0.39, 0.29) is 6.61 Å². The minimum absolute atomic E-state index is 0.0591. The molecule has 2 N–H and O–H groups in total. The summed E-state index contributed by atoms with van der Waals surface area (Å²) < 4.78 is 5.21. The number of nitrogens with one attached hydrogen (secondary N) is 1. The summed E-state index contributed by atoms with van der Waals surface area (Å²) in [6, 6.07) is 13.3. The summed E-state index contributed by atoms with van der Waals surface area (Å²) in [5.41, 5.74) is 3.98. The first-order chi connectivity index (χ1) is 10.1. The van der Waals surface area contributed by atoms with Crippen molar-refractivity contribution < 1.29 is 9.84 Å². The Labute approximate surface area is 124 Å². The van der Waals surface area contributed by atoms with E-state index < -0.39 is 0 Å². The number of nitrogens with zero attached hydrogens (tertiary/aromatic N) is 1. The van der Waals surface area contributed by atoms with Gasteiger partial charge in [-0.25, -0.2) is 0 Å². The van der Waals surface area contributed by atoms with Crippen LogP contribution in [0.3, 0.4) is 0 Å². The molecule has 21 heavy (non-hydrogen) atoms. The third kappa shape index (κ3) is 3.90. The van der Waals surface area contributed by atoms with E-state index in [0.29, 0.717) is 18.0 Å². The molecular formula is C17H18N2O2. The molecule has 2 aromatic carbocycles. The summed E-state index contributed by atoms with van der Waals surface area (Å²) >= 11 is 0. The Morgan fingerprint density at radius 1 is 1.14 bits per heavy atom. The molecule has 0 aromatic heterocycles. The number of ether oxygens (including phenoxy) is 1. The molecule has 0 unspecified atom stereocenters. The van der Waals surface area contributed by atoms with Gasteiger partial charge in [-0.3, -0.25) is 0 Å². The molecule has 0 spiro atoms. The summed E-state index contributed by atoms with van der Waals surface area (Å²) in [7, 11) is 0. The smallest absolute Gasteiger partial charge is 0.174 e. The fraction of sp³-hybridized carbons (Fsp3) is 0.235. The highest BCUT2D eigenvalue weighted by molar-refractivity contribution is 5.56. The summed E-state index contributed by atoms with van der Waals surface area (Å²) in [5, 5.41) is 21.5. The number of aromatic hydroxyl groups is 1. The molecule has 2 rings (SSSR count). The van der Waals surface area contributed by atoms with Crippen LogP contribution in [0.1, 0.15) is 16.7 Å². The van der Waals surface area contributed by atoms with E-state index in [2.05, 4.69) is 5.32 Å². The van der Waals surface area contributed by atoms with Crippen LogP contribution in [-0.4, -0.2) is 11.7 Å². The van der Waals surface area contributed by atoms with Gasteiger partial charge < -0.3 is 15.2 Å². The van der Waals surface area contributed by atoms with E-state index in [1.54, 1.807) is 6.07 Å². The molecule has 4 nitrogen and oxygen atoms in total. The Kier molecular flexibility index (Phi) is 4.68. The molecule has 0 atom stereocenters. The number of phenolic OH excluding ortho intramolecular Hbond substituents is 1. The van der Waals surface area contributed by atoms with Gasteiger partial charge in [0.15, 0.2) is 6.61 Å². The average molecular weight is 282 g/mol. The first-order valence-electron chi connectivity index (χ1n) is 6.73. The molecule has 0 fully saturated rings. The van der Waals surface area contributed by atoms with Crippen LogP contribution in [0, 0.1) is 25.2 Å². The SMILES string of the molecule is Cc1cc(NCc2ccc(OCC#N)cc2)c(C)cc1O. The second-order valence-electron chi connectivity index (χ2n) is 4.90. The van der Waals surface area contributed by atoms with Gasteiger partial charge >= 0.3 is 0 Å². The van der Waals surface area contributed by atoms with Crippen LogP contribution in [0.15, 0.2) is 36.4 Å². The van der Waals surface area contributed by atoms with E-state index in [4.69, 9.17) is 10.00 Å². The largest absolute Gasteiger partial charge is 0.508 e. The third-order valence-corrected chi connectivity index (χ3v) is 3.25. The van der Waals surface area contributed by atoms with Crippen molar-refractivity contribution in [1.29, 1.82) is 5.26 Å². The molecule has 0 aliphatic carbocycles. The summed E-state index contributed by atoms with van der Waals surface area (Å²) in [5.74, 6) is 1.01. The summed E-state index contributed by atoms with van der Waals surface area (Å²) in [6.45, 7) is 4.58. The zero-order valence-electron chi connectivity index (χ0n) is 12.2. The van der Waals surface area contributed by atoms with Crippen molar-refractivity contribution in [3.8, 4) is 17.6 Å². The number of benzene rings is 2. The van der Waals surface area contributed by atoms with Crippen molar-refractivity contribution in [1.82, 2.24) is 0 Å². The molecule has 4 heteroatoms. The Morgan fingerprint density at radius 3 is 2.52 bits per heavy atom. The van der Waals surface area contributed by atoms with Crippen molar-refractivity contribution in [3.63, 3.8) is 0 Å². The average Bonchev–Trinajstić information content (AvgIpc) is 2.48. The lowest BCUT2D eigenvalue weighted by Gasteiger charge is -2.12. The van der Waals surface area contributed by atoms with Gasteiger partial charge in [0.2, 0.25) is 0 Å². The van der Waals surface area contributed by atoms with Crippen molar-refractivity contribution in [2.75, 3.05) is 11.9 Å². The first-order valence-corrected chi connectivity index (χ1v) is 6.73. The predicted molar refractivity (Wildman–Crippen MR) is 82.5 cm³/mol. The molecule has 108 valence electrons. The van der Waals surface area contributed by atoms with Gasteiger partial charge in [-0.05, 0) is 54.8 Å². The lowest BCUT2D eigenvalue weighted by molar-refractivity contribution is 0.368. The topological polar surface area (TPSA) is 65.3 Å². The Balaban J connectivity index is 2.00. The fourth-order valence-electron chi connectivity index (χ4n) is 2.01. The maximum absolute atomic E-state index is 9.65. The highest BCUT2D eigenvalue weighted by atomic mass is 16.5. The van der Waals surface area contributed by atoms with E-state index in [0.717, 1.165) is 22.4 Å². The number of nitriles is 1. The normalized spacial score (nSPS) is 9.95. The number of anilines is 1. The number of rotatable bonds is 5. The highest BCUT2D eigenvalue weighted by Gasteiger charge is 2.03. The molecule has 0 saturated heterocycles. The van der Waals surface area contributed by atoms with Crippen LogP contribution in [-0.2, 0) is 6.54 Å². The van der Waals surface area contributed by atoms with E-state index in [1.165, 1.54) is 0 Å². The van der Waals surface area contributed by atoms with Gasteiger partial charge in [-0.1, -0.05) is 12.1 Å². The van der Waals surface area contributed by atoms with Crippen LogP contribution < -0.4 is 10.1 Å². The monoisotopic (exact) mass is 282 g/mol. The van der Waals surface area contributed by atoms with Crippen molar-refractivity contribution in [2.24, 2.45) is 0 Å². The second-order valence-corrected chi connectivity index (χ2v) is 4.90. The van der Waals surface area contributed by atoms with Crippen LogP contribution in [0.4, 0.5) is 5.69 Å². The van der Waals surface area contributed by atoms with Gasteiger partial charge in [-0.2, -0.15) is 5.26 Å². The zero-order valence-corrected chi connectivity index (χ0v) is 12.2. The zero-order chi connectivity index (χ0) is 15.2. The number of phenols is 1. The molecule has 0 heterocycles. The van der Waals surface area contributed by atoms with Gasteiger partial charge in [-0.15, -0.1) is 0 Å². The Hall–Kier alpha value is -2.67. The first kappa shape index (κ1) is 14.7. The lowest BCUT2D eigenvalue weighted by Crippen LogP contribution is -2.01. The second kappa shape index (κ2) is 6.67. The van der Waals surface area contributed by atoms with Gasteiger partial charge in [0.1, 0.15) is 17.6 Å². The molecule has 0 aliphatic heterocycles. The van der Waals surface area contributed by atoms with Gasteiger partial charge in [0, 0.05) is 12.2 Å². The van der Waals surface area contributed by atoms with E-state index >= 15 is 0 Å². The molecule has 0 amide bonds. The number of hydrogen-bond acceptors (Lipinski definition) is 4. The van der Waals surface area contributed by atoms with Crippen molar-refractivity contribution in [3.05, 3.63) is 53.1 Å². The summed E-state index contributed by atoms with van der Waals surface area (Å²) in [6.07, 6.45) is 0. The van der Waals surface area contributed by atoms with E-state index in [1.807, 2.05) is 50.2 Å². The van der Waals surface area contributed by atoms with Crippen molar-refractivity contribution >= 4 is 5.69 Å². The third-order valence-electron chi connectivity index (χ3n) is 3.25. The highest BCUT2D eigenvalue weighted by Crippen LogP contribution is 2.25. The minimum atomic E-state index is 0.0591. The number of hydrogen-bond donors (Lipinski definition) is 2. The quantitative estimate of drug-likeness (QED) is 0.823. The molecule has 0 saturated carbocycles. The molecule has 0 aliphatic rings. The maximum atomic E-state index is 9.65. The van der Waals surface area contributed by atoms with Crippen LogP contribution in [0.5, 0.6) is 11.5 Å². The maximum Gasteiger partial charge on any atom is 0.174 e. The molecular weight excluding hydrogens is 264 g/mol. The van der Waals surface area contributed by atoms with Crippen LogP contribution >= 0.6 is 0 Å². The fourth-order valence-corrected chi connectivity index (χ4v) is 2.01.